The van der Waals surface area contributed by atoms with Crippen molar-refractivity contribution in [2.75, 3.05) is 0 Å². The van der Waals surface area contributed by atoms with Gasteiger partial charge in [-0.15, -0.1) is 0 Å². The van der Waals surface area contributed by atoms with Gasteiger partial charge in [0.15, 0.2) is 0 Å². The molecule has 0 aromatic heterocycles. The number of carboxylic acids is 1. The molecule has 0 radical (unpaired) electrons. The van der Waals surface area contributed by atoms with Crippen molar-refractivity contribution >= 4 is 5.97 Å². The molecular weight excluding hydrogens is 344 g/mol. The molecule has 0 saturated heterocycles. The molecule has 0 saturated carbocycles. The zero-order valence-corrected chi connectivity index (χ0v) is 18.6. The molecule has 0 spiro atoms. The highest BCUT2D eigenvalue weighted by molar-refractivity contribution is 5.80. The van der Waals surface area contributed by atoms with Crippen LogP contribution in [0.25, 0.3) is 0 Å². The Balaban J connectivity index is 1.99. The summed E-state index contributed by atoms with van der Waals surface area (Å²) >= 11 is 0. The van der Waals surface area contributed by atoms with Crippen LogP contribution in [0, 0.1) is 0 Å². The van der Waals surface area contributed by atoms with E-state index in [0.717, 1.165) is 24.8 Å². The summed E-state index contributed by atoms with van der Waals surface area (Å²) in [7, 11) is 0. The molecule has 1 N–H and O–H groups in total. The van der Waals surface area contributed by atoms with Crippen LogP contribution in [0.3, 0.4) is 0 Å². The van der Waals surface area contributed by atoms with E-state index in [-0.39, 0.29) is 0 Å². The molecule has 0 aliphatic rings. The molecule has 2 nitrogen and oxygen atoms in total. The zero-order valence-electron chi connectivity index (χ0n) is 18.6. The number of carbonyl (C=O) groups is 1. The van der Waals surface area contributed by atoms with E-state index < -0.39 is 11.4 Å². The van der Waals surface area contributed by atoms with Crippen molar-refractivity contribution in [3.63, 3.8) is 0 Å². The third kappa shape index (κ3) is 10.3. The Hall–Kier alpha value is -1.31. The molecule has 0 bridgehead atoms. The molecule has 160 valence electrons. The number of unbranched alkanes of at least 4 members (excludes halogenated alkanes) is 14. The van der Waals surface area contributed by atoms with Gasteiger partial charge in [-0.2, -0.15) is 0 Å². The maximum atomic E-state index is 11.8. The third-order valence-electron chi connectivity index (χ3n) is 6.16. The fourth-order valence-corrected chi connectivity index (χ4v) is 4.03. The molecule has 0 fully saturated rings. The first-order valence-electron chi connectivity index (χ1n) is 11.9. The first-order chi connectivity index (χ1) is 13.6. The van der Waals surface area contributed by atoms with Gasteiger partial charge in [-0.3, -0.25) is 4.79 Å². The van der Waals surface area contributed by atoms with Crippen molar-refractivity contribution in [3.8, 4) is 0 Å². The molecule has 1 rings (SSSR count). The number of aliphatic carboxylic acids is 1. The molecule has 0 amide bonds. The Bertz CT molecular complexity index is 496. The number of hydrogen-bond donors (Lipinski definition) is 1. The lowest BCUT2D eigenvalue weighted by Crippen LogP contribution is -2.32. The Morgan fingerprint density at radius 1 is 0.714 bits per heavy atom. The Morgan fingerprint density at radius 2 is 1.11 bits per heavy atom. The van der Waals surface area contributed by atoms with Gasteiger partial charge in [0.25, 0.3) is 0 Å². The van der Waals surface area contributed by atoms with Gasteiger partial charge in [0.05, 0.1) is 5.41 Å². The van der Waals surface area contributed by atoms with E-state index in [4.69, 9.17) is 0 Å². The molecule has 2 heteroatoms. The van der Waals surface area contributed by atoms with Crippen LogP contribution in [0.1, 0.15) is 122 Å². The van der Waals surface area contributed by atoms with Gasteiger partial charge in [-0.1, -0.05) is 134 Å². The highest BCUT2D eigenvalue weighted by atomic mass is 16.4. The summed E-state index contributed by atoms with van der Waals surface area (Å²) in [6.07, 6.45) is 20.8. The summed E-state index contributed by atoms with van der Waals surface area (Å²) in [4.78, 5) is 11.8. The van der Waals surface area contributed by atoms with Crippen LogP contribution >= 0.6 is 0 Å². The van der Waals surface area contributed by atoms with Gasteiger partial charge in [0.2, 0.25) is 0 Å². The Kier molecular flexibility index (Phi) is 13.8. The van der Waals surface area contributed by atoms with Gasteiger partial charge in [-0.25, -0.2) is 0 Å². The standard InChI is InChI=1S/C26H44O2/c1-3-4-5-6-7-8-9-10-11-12-13-14-15-16-20-23-26(2,25(27)28)24-21-18-17-19-22-24/h17-19,21-22H,3-16,20,23H2,1-2H3,(H,27,28). The quantitative estimate of drug-likeness (QED) is 0.257. The second-order valence-corrected chi connectivity index (χ2v) is 8.70. The van der Waals surface area contributed by atoms with Crippen LogP contribution in [-0.2, 0) is 10.2 Å². The van der Waals surface area contributed by atoms with Gasteiger partial charge in [0.1, 0.15) is 0 Å². The van der Waals surface area contributed by atoms with Gasteiger partial charge in [-0.05, 0) is 18.9 Å². The minimum absolute atomic E-state index is 0.705. The lowest BCUT2D eigenvalue weighted by Gasteiger charge is -2.25. The molecule has 28 heavy (non-hydrogen) atoms. The monoisotopic (exact) mass is 388 g/mol. The topological polar surface area (TPSA) is 37.3 Å². The van der Waals surface area contributed by atoms with E-state index in [1.165, 1.54) is 83.5 Å². The normalized spacial score (nSPS) is 13.4. The van der Waals surface area contributed by atoms with Crippen molar-refractivity contribution in [1.29, 1.82) is 0 Å². The minimum atomic E-state index is -0.752. The summed E-state index contributed by atoms with van der Waals surface area (Å²) in [5.74, 6) is -0.705. The lowest BCUT2D eigenvalue weighted by atomic mass is 9.78. The Labute approximate surface area is 174 Å². The van der Waals surface area contributed by atoms with E-state index >= 15 is 0 Å². The second kappa shape index (κ2) is 15.6. The van der Waals surface area contributed by atoms with Crippen molar-refractivity contribution < 1.29 is 9.90 Å². The van der Waals surface area contributed by atoms with E-state index in [9.17, 15) is 9.90 Å². The summed E-state index contributed by atoms with van der Waals surface area (Å²) < 4.78 is 0. The van der Waals surface area contributed by atoms with Crippen LogP contribution in [0.4, 0.5) is 0 Å². The maximum absolute atomic E-state index is 11.8. The van der Waals surface area contributed by atoms with Crippen LogP contribution in [-0.4, -0.2) is 11.1 Å². The second-order valence-electron chi connectivity index (χ2n) is 8.70. The molecule has 0 aliphatic carbocycles. The fraction of sp³-hybridized carbons (Fsp3) is 0.731. The minimum Gasteiger partial charge on any atom is -0.481 e. The zero-order chi connectivity index (χ0) is 20.5. The third-order valence-corrected chi connectivity index (χ3v) is 6.16. The predicted octanol–water partition coefficient (Wildman–Crippen LogP) is 8.29. The molecule has 0 heterocycles. The van der Waals surface area contributed by atoms with E-state index in [1.807, 2.05) is 37.3 Å². The average Bonchev–Trinajstić information content (AvgIpc) is 2.71. The van der Waals surface area contributed by atoms with Crippen molar-refractivity contribution in [1.82, 2.24) is 0 Å². The van der Waals surface area contributed by atoms with Crippen LogP contribution in [0.2, 0.25) is 0 Å². The SMILES string of the molecule is CCCCCCCCCCCCCCCCCC(C)(C(=O)O)c1ccccc1. The van der Waals surface area contributed by atoms with Crippen molar-refractivity contribution in [3.05, 3.63) is 35.9 Å². The highest BCUT2D eigenvalue weighted by Crippen LogP contribution is 2.30. The fourth-order valence-electron chi connectivity index (χ4n) is 4.03. The van der Waals surface area contributed by atoms with Gasteiger partial charge in [0, 0.05) is 0 Å². The van der Waals surface area contributed by atoms with Crippen LogP contribution in [0.15, 0.2) is 30.3 Å². The molecular formula is C26H44O2. The predicted molar refractivity (Wildman–Crippen MR) is 121 cm³/mol. The number of carboxylic acid groups (broad SMARTS) is 1. The lowest BCUT2D eigenvalue weighted by molar-refractivity contribution is -0.143. The molecule has 1 aromatic rings. The molecule has 1 atom stereocenters. The smallest absolute Gasteiger partial charge is 0.313 e. The highest BCUT2D eigenvalue weighted by Gasteiger charge is 2.34. The summed E-state index contributed by atoms with van der Waals surface area (Å²) in [6, 6.07) is 9.70. The largest absolute Gasteiger partial charge is 0.481 e. The average molecular weight is 389 g/mol. The molecule has 1 unspecified atom stereocenters. The number of hydrogen-bond acceptors (Lipinski definition) is 1. The van der Waals surface area contributed by atoms with Crippen LogP contribution in [0.5, 0.6) is 0 Å². The summed E-state index contributed by atoms with van der Waals surface area (Å²) in [5, 5.41) is 9.70. The number of rotatable bonds is 18. The molecule has 1 aromatic carbocycles. The van der Waals surface area contributed by atoms with Gasteiger partial charge < -0.3 is 5.11 Å². The Morgan fingerprint density at radius 3 is 1.50 bits per heavy atom. The van der Waals surface area contributed by atoms with E-state index in [2.05, 4.69) is 6.92 Å². The first kappa shape index (κ1) is 24.7. The first-order valence-corrected chi connectivity index (χ1v) is 11.9. The summed E-state index contributed by atoms with van der Waals surface area (Å²) in [5.41, 5.74) is 0.172. The maximum Gasteiger partial charge on any atom is 0.313 e. The van der Waals surface area contributed by atoms with E-state index in [0.29, 0.717) is 0 Å². The van der Waals surface area contributed by atoms with Crippen molar-refractivity contribution in [2.45, 2.75) is 122 Å². The molecule has 0 aliphatic heterocycles. The van der Waals surface area contributed by atoms with Crippen LogP contribution < -0.4 is 0 Å². The van der Waals surface area contributed by atoms with Gasteiger partial charge >= 0.3 is 5.97 Å². The van der Waals surface area contributed by atoms with Crippen molar-refractivity contribution in [2.24, 2.45) is 0 Å². The van der Waals surface area contributed by atoms with E-state index in [1.54, 1.807) is 0 Å². The number of benzene rings is 1. The summed E-state index contributed by atoms with van der Waals surface area (Å²) in [6.45, 7) is 4.15.